The quantitative estimate of drug-likeness (QED) is 0.687. The molecule has 2 aromatic rings. The number of sulfonamides is 1. The van der Waals surface area contributed by atoms with E-state index in [1.54, 1.807) is 12.1 Å². The van der Waals surface area contributed by atoms with Crippen LogP contribution in [0.5, 0.6) is 0 Å². The molecule has 0 bridgehead atoms. The zero-order valence-corrected chi connectivity index (χ0v) is 11.4. The number of hydrogen-bond donors (Lipinski definition) is 1. The van der Waals surface area contributed by atoms with Crippen LogP contribution in [0.1, 0.15) is 5.56 Å². The summed E-state index contributed by atoms with van der Waals surface area (Å²) in [4.78, 5) is 9.80. The third kappa shape index (κ3) is 3.16. The van der Waals surface area contributed by atoms with Crippen LogP contribution in [0.3, 0.4) is 0 Å². The summed E-state index contributed by atoms with van der Waals surface area (Å²) in [5, 5.41) is 19.5. The predicted molar refractivity (Wildman–Crippen MR) is 75.1 cm³/mol. The molecule has 21 heavy (non-hydrogen) atoms. The topological polar surface area (TPSA) is 113 Å². The van der Waals surface area contributed by atoms with Crippen molar-refractivity contribution in [1.29, 1.82) is 5.26 Å². The van der Waals surface area contributed by atoms with E-state index in [9.17, 15) is 18.5 Å². The summed E-state index contributed by atoms with van der Waals surface area (Å²) in [6, 6.07) is 12.5. The van der Waals surface area contributed by atoms with Crippen LogP contribution < -0.4 is 4.72 Å². The number of non-ortho nitro benzene ring substituents is 1. The van der Waals surface area contributed by atoms with Gasteiger partial charge in [-0.1, -0.05) is 12.1 Å². The molecule has 2 aromatic carbocycles. The van der Waals surface area contributed by atoms with Crippen molar-refractivity contribution >= 4 is 21.4 Å². The minimum Gasteiger partial charge on any atom is -0.278 e. The first-order valence-corrected chi connectivity index (χ1v) is 7.19. The van der Waals surface area contributed by atoms with Crippen LogP contribution in [-0.2, 0) is 10.0 Å². The van der Waals surface area contributed by atoms with Crippen LogP contribution in [0.2, 0.25) is 0 Å². The maximum absolute atomic E-state index is 12.2. The van der Waals surface area contributed by atoms with Crippen LogP contribution in [0.25, 0.3) is 0 Å². The Hall–Kier alpha value is -2.92. The number of nitrogens with one attached hydrogen (secondary N) is 1. The Morgan fingerprint density at radius 2 is 1.71 bits per heavy atom. The predicted octanol–water partition coefficient (Wildman–Crippen LogP) is 2.27. The first kappa shape index (κ1) is 14.5. The Bertz CT molecular complexity index is 823. The van der Waals surface area contributed by atoms with Crippen molar-refractivity contribution in [2.45, 2.75) is 4.90 Å². The van der Waals surface area contributed by atoms with E-state index >= 15 is 0 Å². The first-order chi connectivity index (χ1) is 9.94. The number of nitro benzene ring substituents is 1. The Balaban J connectivity index is 2.34. The van der Waals surface area contributed by atoms with Gasteiger partial charge in [-0.05, 0) is 24.3 Å². The zero-order valence-electron chi connectivity index (χ0n) is 10.6. The highest BCUT2D eigenvalue weighted by atomic mass is 32.2. The molecule has 0 atom stereocenters. The fourth-order valence-electron chi connectivity index (χ4n) is 1.62. The average molecular weight is 303 g/mol. The van der Waals surface area contributed by atoms with Crippen molar-refractivity contribution in [3.8, 4) is 6.07 Å². The summed E-state index contributed by atoms with van der Waals surface area (Å²) < 4.78 is 26.6. The molecule has 8 heteroatoms. The molecule has 0 aliphatic rings. The number of hydrogen-bond acceptors (Lipinski definition) is 5. The van der Waals surface area contributed by atoms with Crippen LogP contribution in [0.15, 0.2) is 53.4 Å². The van der Waals surface area contributed by atoms with Gasteiger partial charge in [-0.15, -0.1) is 0 Å². The van der Waals surface area contributed by atoms with Gasteiger partial charge < -0.3 is 0 Å². The second-order valence-corrected chi connectivity index (χ2v) is 5.70. The second kappa shape index (κ2) is 5.60. The van der Waals surface area contributed by atoms with Gasteiger partial charge in [0.1, 0.15) is 6.07 Å². The van der Waals surface area contributed by atoms with Crippen LogP contribution in [0, 0.1) is 21.4 Å². The van der Waals surface area contributed by atoms with Crippen molar-refractivity contribution in [2.24, 2.45) is 0 Å². The van der Waals surface area contributed by atoms with Gasteiger partial charge in [0.2, 0.25) is 0 Å². The van der Waals surface area contributed by atoms with Gasteiger partial charge in [0.25, 0.3) is 15.7 Å². The van der Waals surface area contributed by atoms with Crippen molar-refractivity contribution in [3.05, 3.63) is 64.2 Å². The number of nitriles is 1. The van der Waals surface area contributed by atoms with Gasteiger partial charge in [0, 0.05) is 12.1 Å². The zero-order chi connectivity index (χ0) is 15.5. The molecule has 0 aliphatic carbocycles. The molecule has 106 valence electrons. The highest BCUT2D eigenvalue weighted by Gasteiger charge is 2.17. The summed E-state index contributed by atoms with van der Waals surface area (Å²) in [5.41, 5.74) is 0.132. The molecule has 0 saturated heterocycles. The SMILES string of the molecule is N#Cc1ccccc1NS(=O)(=O)c1ccc([N+](=O)[O-])cc1. The summed E-state index contributed by atoms with van der Waals surface area (Å²) >= 11 is 0. The summed E-state index contributed by atoms with van der Waals surface area (Å²) in [7, 11) is -3.91. The largest absolute Gasteiger partial charge is 0.278 e. The Morgan fingerprint density at radius 3 is 2.29 bits per heavy atom. The molecule has 0 radical (unpaired) electrons. The number of para-hydroxylation sites is 1. The lowest BCUT2D eigenvalue weighted by Gasteiger charge is -2.09. The van der Waals surface area contributed by atoms with Crippen LogP contribution in [-0.4, -0.2) is 13.3 Å². The van der Waals surface area contributed by atoms with Crippen molar-refractivity contribution < 1.29 is 13.3 Å². The van der Waals surface area contributed by atoms with Gasteiger partial charge in [-0.3, -0.25) is 14.8 Å². The smallest absolute Gasteiger partial charge is 0.269 e. The third-order valence-electron chi connectivity index (χ3n) is 2.65. The molecule has 0 fully saturated rings. The summed E-state index contributed by atoms with van der Waals surface area (Å²) in [6.07, 6.45) is 0. The lowest BCUT2D eigenvalue weighted by Crippen LogP contribution is -2.13. The summed E-state index contributed by atoms with van der Waals surface area (Å²) in [5.74, 6) is 0. The molecule has 0 amide bonds. The van der Waals surface area contributed by atoms with Crippen molar-refractivity contribution in [1.82, 2.24) is 0 Å². The Kier molecular flexibility index (Phi) is 3.86. The molecule has 0 aliphatic heterocycles. The van der Waals surface area contributed by atoms with E-state index in [1.165, 1.54) is 12.1 Å². The Morgan fingerprint density at radius 1 is 1.10 bits per heavy atom. The van der Waals surface area contributed by atoms with Gasteiger partial charge in [0.05, 0.1) is 21.1 Å². The van der Waals surface area contributed by atoms with Crippen LogP contribution >= 0.6 is 0 Å². The fourth-order valence-corrected chi connectivity index (χ4v) is 2.70. The molecule has 0 unspecified atom stereocenters. The third-order valence-corrected chi connectivity index (χ3v) is 4.03. The summed E-state index contributed by atoms with van der Waals surface area (Å²) in [6.45, 7) is 0. The van der Waals surface area contributed by atoms with E-state index in [1.807, 2.05) is 6.07 Å². The number of benzene rings is 2. The highest BCUT2D eigenvalue weighted by molar-refractivity contribution is 7.92. The van der Waals surface area contributed by atoms with E-state index in [2.05, 4.69) is 4.72 Å². The molecular weight excluding hydrogens is 294 g/mol. The second-order valence-electron chi connectivity index (χ2n) is 4.01. The van der Waals surface area contributed by atoms with Gasteiger partial charge in [-0.2, -0.15) is 5.26 Å². The number of nitro groups is 1. The van der Waals surface area contributed by atoms with E-state index in [0.29, 0.717) is 0 Å². The van der Waals surface area contributed by atoms with Gasteiger partial charge in [0.15, 0.2) is 0 Å². The standard InChI is InChI=1S/C13H9N3O4S/c14-9-10-3-1-2-4-13(10)15-21(19,20)12-7-5-11(6-8-12)16(17)18/h1-8,15H. The van der Waals surface area contributed by atoms with E-state index < -0.39 is 14.9 Å². The molecular formula is C13H9N3O4S. The van der Waals surface area contributed by atoms with E-state index in [4.69, 9.17) is 5.26 Å². The fraction of sp³-hybridized carbons (Fsp3) is 0. The normalized spacial score (nSPS) is 10.6. The Labute approximate surface area is 120 Å². The minimum atomic E-state index is -3.91. The minimum absolute atomic E-state index is 0.124. The molecule has 0 spiro atoms. The van der Waals surface area contributed by atoms with Crippen LogP contribution in [0.4, 0.5) is 11.4 Å². The molecule has 1 N–H and O–H groups in total. The number of rotatable bonds is 4. The van der Waals surface area contributed by atoms with E-state index in [-0.39, 0.29) is 21.8 Å². The molecule has 0 heterocycles. The van der Waals surface area contributed by atoms with Gasteiger partial charge in [-0.25, -0.2) is 8.42 Å². The number of anilines is 1. The molecule has 0 saturated carbocycles. The van der Waals surface area contributed by atoms with Crippen molar-refractivity contribution in [2.75, 3.05) is 4.72 Å². The average Bonchev–Trinajstić information content (AvgIpc) is 2.47. The molecule has 2 rings (SSSR count). The maximum atomic E-state index is 12.2. The first-order valence-electron chi connectivity index (χ1n) is 5.70. The van der Waals surface area contributed by atoms with Gasteiger partial charge >= 0.3 is 0 Å². The lowest BCUT2D eigenvalue weighted by molar-refractivity contribution is -0.384. The highest BCUT2D eigenvalue weighted by Crippen LogP contribution is 2.21. The van der Waals surface area contributed by atoms with E-state index in [0.717, 1.165) is 24.3 Å². The molecule has 0 aromatic heterocycles. The maximum Gasteiger partial charge on any atom is 0.269 e. The monoisotopic (exact) mass is 303 g/mol. The molecule has 7 nitrogen and oxygen atoms in total. The number of nitrogens with zero attached hydrogens (tertiary/aromatic N) is 2. The lowest BCUT2D eigenvalue weighted by atomic mass is 10.2. The van der Waals surface area contributed by atoms with Crippen molar-refractivity contribution in [3.63, 3.8) is 0 Å².